The van der Waals surface area contributed by atoms with Gasteiger partial charge in [0.05, 0.1) is 12.5 Å². The highest BCUT2D eigenvalue weighted by atomic mass is 32.1. The highest BCUT2D eigenvalue weighted by Crippen LogP contribution is 2.23. The van der Waals surface area contributed by atoms with Gasteiger partial charge in [-0.15, -0.1) is 0 Å². The van der Waals surface area contributed by atoms with Crippen LogP contribution in [0, 0.1) is 5.92 Å². The fourth-order valence-corrected chi connectivity index (χ4v) is 3.90. The maximum Gasteiger partial charge on any atom is 0.227 e. The second kappa shape index (κ2) is 7.75. The minimum Gasteiger partial charge on any atom is -0.392 e. The number of rotatable bonds is 5. The van der Waals surface area contributed by atoms with E-state index in [0.29, 0.717) is 18.8 Å². The smallest absolute Gasteiger partial charge is 0.227 e. The molecule has 1 aliphatic rings. The minimum atomic E-state index is -0.313. The zero-order valence-electron chi connectivity index (χ0n) is 13.2. The van der Waals surface area contributed by atoms with E-state index in [4.69, 9.17) is 0 Å². The zero-order chi connectivity index (χ0) is 16.1. The maximum atomic E-state index is 12.3. The number of hydrogen-bond acceptors (Lipinski definition) is 3. The summed E-state index contributed by atoms with van der Waals surface area (Å²) in [5.41, 5.74) is 2.28. The van der Waals surface area contributed by atoms with Gasteiger partial charge in [0.2, 0.25) is 5.91 Å². The van der Waals surface area contributed by atoms with E-state index in [1.54, 1.807) is 11.3 Å². The molecule has 3 rings (SSSR count). The van der Waals surface area contributed by atoms with Gasteiger partial charge in [-0.25, -0.2) is 0 Å². The summed E-state index contributed by atoms with van der Waals surface area (Å²) < 4.78 is 0. The van der Waals surface area contributed by atoms with Gasteiger partial charge in [-0.2, -0.15) is 11.3 Å². The molecule has 2 heterocycles. The van der Waals surface area contributed by atoms with Gasteiger partial charge in [0.1, 0.15) is 0 Å². The van der Waals surface area contributed by atoms with Crippen molar-refractivity contribution in [1.82, 2.24) is 4.90 Å². The lowest BCUT2D eigenvalue weighted by molar-refractivity contribution is -0.132. The lowest BCUT2D eigenvalue weighted by atomic mass is 9.88. The molecule has 0 bridgehead atoms. The quantitative estimate of drug-likeness (QED) is 0.915. The van der Waals surface area contributed by atoms with Crippen LogP contribution in [0.15, 0.2) is 47.2 Å². The molecule has 1 aromatic heterocycles. The molecule has 1 aromatic carbocycles. The first kappa shape index (κ1) is 16.2. The van der Waals surface area contributed by atoms with Crippen molar-refractivity contribution in [2.24, 2.45) is 5.92 Å². The summed E-state index contributed by atoms with van der Waals surface area (Å²) in [5.74, 6) is 0.500. The number of carbonyl (C=O) groups excluding carboxylic acids is 1. The summed E-state index contributed by atoms with van der Waals surface area (Å²) in [4.78, 5) is 14.2. The number of amides is 1. The molecular formula is C19H23NO2S. The third-order valence-corrected chi connectivity index (χ3v) is 5.39. The molecule has 0 spiro atoms. The maximum absolute atomic E-state index is 12.3. The number of piperidine rings is 1. The Morgan fingerprint density at radius 3 is 2.57 bits per heavy atom. The van der Waals surface area contributed by atoms with Gasteiger partial charge in [0.15, 0.2) is 0 Å². The fraction of sp³-hybridized carbons (Fsp3) is 0.421. The second-order valence-electron chi connectivity index (χ2n) is 6.28. The van der Waals surface area contributed by atoms with Crippen molar-refractivity contribution in [2.45, 2.75) is 31.8 Å². The summed E-state index contributed by atoms with van der Waals surface area (Å²) in [6.45, 7) is 1.53. The van der Waals surface area contributed by atoms with Gasteiger partial charge in [0, 0.05) is 13.1 Å². The Morgan fingerprint density at radius 1 is 1.17 bits per heavy atom. The van der Waals surface area contributed by atoms with Crippen LogP contribution in [-0.4, -0.2) is 35.1 Å². The molecule has 1 fully saturated rings. The average molecular weight is 329 g/mol. The number of thiophene rings is 1. The van der Waals surface area contributed by atoms with E-state index in [1.165, 1.54) is 5.56 Å². The highest BCUT2D eigenvalue weighted by molar-refractivity contribution is 7.07. The van der Waals surface area contributed by atoms with Crippen molar-refractivity contribution in [1.29, 1.82) is 0 Å². The van der Waals surface area contributed by atoms with Gasteiger partial charge in [-0.1, -0.05) is 30.3 Å². The predicted molar refractivity (Wildman–Crippen MR) is 93.5 cm³/mol. The van der Waals surface area contributed by atoms with Crippen molar-refractivity contribution in [3.05, 3.63) is 58.3 Å². The molecule has 0 radical (unpaired) electrons. The van der Waals surface area contributed by atoms with Crippen LogP contribution in [0.4, 0.5) is 0 Å². The zero-order valence-corrected chi connectivity index (χ0v) is 14.0. The molecule has 23 heavy (non-hydrogen) atoms. The first-order chi connectivity index (χ1) is 11.2. The first-order valence-corrected chi connectivity index (χ1v) is 9.17. The Morgan fingerprint density at radius 2 is 1.91 bits per heavy atom. The molecule has 1 aliphatic heterocycles. The van der Waals surface area contributed by atoms with Gasteiger partial charge < -0.3 is 10.0 Å². The van der Waals surface area contributed by atoms with E-state index in [2.05, 4.69) is 12.1 Å². The van der Waals surface area contributed by atoms with Crippen LogP contribution in [0.1, 0.15) is 24.0 Å². The number of hydrogen-bond donors (Lipinski definition) is 1. The molecule has 4 heteroatoms. The monoisotopic (exact) mass is 329 g/mol. The molecule has 3 nitrogen and oxygen atoms in total. The van der Waals surface area contributed by atoms with Crippen molar-refractivity contribution >= 4 is 17.2 Å². The van der Waals surface area contributed by atoms with E-state index in [1.807, 2.05) is 39.9 Å². The Balaban J connectivity index is 1.47. The van der Waals surface area contributed by atoms with Gasteiger partial charge in [0.25, 0.3) is 0 Å². The van der Waals surface area contributed by atoms with E-state index in [-0.39, 0.29) is 12.0 Å². The third-order valence-electron chi connectivity index (χ3n) is 4.66. The first-order valence-electron chi connectivity index (χ1n) is 8.23. The molecule has 122 valence electrons. The third kappa shape index (κ3) is 4.43. The van der Waals surface area contributed by atoms with Crippen LogP contribution in [-0.2, 0) is 17.6 Å². The Hall–Kier alpha value is -1.65. The molecule has 1 atom stereocenters. The predicted octanol–water partition coefficient (Wildman–Crippen LogP) is 3.13. The Labute approximate surface area is 141 Å². The van der Waals surface area contributed by atoms with E-state index in [0.717, 1.165) is 31.5 Å². The molecular weight excluding hydrogens is 306 g/mol. The van der Waals surface area contributed by atoms with Crippen molar-refractivity contribution in [2.75, 3.05) is 13.1 Å². The molecule has 0 aliphatic carbocycles. The molecule has 0 saturated carbocycles. The van der Waals surface area contributed by atoms with Crippen molar-refractivity contribution in [3.63, 3.8) is 0 Å². The molecule has 1 N–H and O–H groups in total. The minimum absolute atomic E-state index is 0.208. The van der Waals surface area contributed by atoms with Crippen LogP contribution >= 0.6 is 11.3 Å². The van der Waals surface area contributed by atoms with E-state index >= 15 is 0 Å². The van der Waals surface area contributed by atoms with Crippen LogP contribution in [0.3, 0.4) is 0 Å². The Kier molecular flexibility index (Phi) is 5.47. The largest absolute Gasteiger partial charge is 0.392 e. The molecule has 0 unspecified atom stereocenters. The van der Waals surface area contributed by atoms with Gasteiger partial charge in [-0.05, 0) is 53.1 Å². The van der Waals surface area contributed by atoms with Gasteiger partial charge in [-0.3, -0.25) is 4.79 Å². The lowest BCUT2D eigenvalue weighted by Crippen LogP contribution is -2.42. The van der Waals surface area contributed by atoms with Crippen LogP contribution in [0.5, 0.6) is 0 Å². The summed E-state index contributed by atoms with van der Waals surface area (Å²) >= 11 is 1.63. The van der Waals surface area contributed by atoms with Crippen molar-refractivity contribution in [3.8, 4) is 0 Å². The standard InChI is InChI=1S/C19H23NO2S/c21-18(12-15-4-2-1-3-5-15)17-6-9-20(10-7-17)19(22)13-16-8-11-23-14-16/h1-5,8,11,14,17-18,21H,6-7,9-10,12-13H2/t18-/m1/s1. The summed E-state index contributed by atoms with van der Waals surface area (Å²) in [7, 11) is 0. The SMILES string of the molecule is O=C(Cc1ccsc1)N1CCC([C@H](O)Cc2ccccc2)CC1. The number of benzene rings is 1. The second-order valence-corrected chi connectivity index (χ2v) is 7.06. The van der Waals surface area contributed by atoms with Crippen LogP contribution < -0.4 is 0 Å². The number of likely N-dealkylation sites (tertiary alicyclic amines) is 1. The molecule has 1 amide bonds. The molecule has 1 saturated heterocycles. The van der Waals surface area contributed by atoms with Crippen molar-refractivity contribution < 1.29 is 9.90 Å². The highest BCUT2D eigenvalue weighted by Gasteiger charge is 2.27. The number of nitrogens with zero attached hydrogens (tertiary/aromatic N) is 1. The number of aliphatic hydroxyl groups is 1. The normalized spacial score (nSPS) is 17.2. The summed E-state index contributed by atoms with van der Waals surface area (Å²) in [6.07, 6.45) is 2.67. The summed E-state index contributed by atoms with van der Waals surface area (Å²) in [5, 5.41) is 14.5. The topological polar surface area (TPSA) is 40.5 Å². The van der Waals surface area contributed by atoms with Crippen LogP contribution in [0.2, 0.25) is 0 Å². The number of carbonyl (C=O) groups is 1. The average Bonchev–Trinajstić information content (AvgIpc) is 3.09. The molecule has 2 aromatic rings. The van der Waals surface area contributed by atoms with E-state index in [9.17, 15) is 9.90 Å². The summed E-state index contributed by atoms with van der Waals surface area (Å²) in [6, 6.07) is 12.1. The lowest BCUT2D eigenvalue weighted by Gasteiger charge is -2.34. The Bertz CT molecular complexity index is 604. The fourth-order valence-electron chi connectivity index (χ4n) is 3.24. The van der Waals surface area contributed by atoms with E-state index < -0.39 is 0 Å². The van der Waals surface area contributed by atoms with Crippen LogP contribution in [0.25, 0.3) is 0 Å². The number of aliphatic hydroxyl groups excluding tert-OH is 1. The van der Waals surface area contributed by atoms with Gasteiger partial charge >= 0.3 is 0 Å².